The van der Waals surface area contributed by atoms with Gasteiger partial charge in [0.2, 0.25) is 0 Å². The molecule has 1 atom stereocenters. The van der Waals surface area contributed by atoms with E-state index in [-0.39, 0.29) is 5.82 Å². The molecule has 0 bridgehead atoms. The van der Waals surface area contributed by atoms with E-state index in [0.29, 0.717) is 5.92 Å². The van der Waals surface area contributed by atoms with Crippen molar-refractivity contribution in [3.8, 4) is 0 Å². The van der Waals surface area contributed by atoms with Crippen LogP contribution in [0.5, 0.6) is 0 Å². The summed E-state index contributed by atoms with van der Waals surface area (Å²) in [6.07, 6.45) is 7.37. The number of benzene rings is 1. The molecule has 0 amide bonds. The van der Waals surface area contributed by atoms with Crippen LogP contribution in [0, 0.1) is 11.7 Å². The lowest BCUT2D eigenvalue weighted by Crippen LogP contribution is -2.31. The number of hydrogen-bond donors (Lipinski definition) is 1. The number of likely N-dealkylation sites (tertiary alicyclic amines) is 1. The van der Waals surface area contributed by atoms with Crippen LogP contribution in [0.2, 0.25) is 0 Å². The van der Waals surface area contributed by atoms with Crippen molar-refractivity contribution in [2.24, 2.45) is 5.92 Å². The summed E-state index contributed by atoms with van der Waals surface area (Å²) in [7, 11) is 0. The maximum atomic E-state index is 14.3. The molecule has 21 heavy (non-hydrogen) atoms. The minimum atomic E-state index is -0.0122. The Bertz CT molecular complexity index is 449. The molecule has 0 radical (unpaired) electrons. The zero-order valence-electron chi connectivity index (χ0n) is 12.9. The van der Waals surface area contributed by atoms with E-state index in [2.05, 4.69) is 16.3 Å². The summed E-state index contributed by atoms with van der Waals surface area (Å²) >= 11 is 0. The van der Waals surface area contributed by atoms with Gasteiger partial charge in [-0.1, -0.05) is 18.6 Å². The SMILES string of the molecule is Fc1cc(CC2CCCNC2)ccc1CN1CCCCC1. The fourth-order valence-corrected chi connectivity index (χ4v) is 3.64. The Morgan fingerprint density at radius 3 is 2.71 bits per heavy atom. The summed E-state index contributed by atoms with van der Waals surface area (Å²) < 4.78 is 14.3. The third-order valence-corrected chi connectivity index (χ3v) is 4.88. The molecular formula is C18H27FN2. The number of piperidine rings is 2. The highest BCUT2D eigenvalue weighted by Crippen LogP contribution is 2.20. The second kappa shape index (κ2) is 7.37. The van der Waals surface area contributed by atoms with Crippen molar-refractivity contribution in [1.82, 2.24) is 10.2 Å². The lowest BCUT2D eigenvalue weighted by molar-refractivity contribution is 0.218. The Morgan fingerprint density at radius 2 is 2.00 bits per heavy atom. The van der Waals surface area contributed by atoms with E-state index in [1.807, 2.05) is 6.07 Å². The number of rotatable bonds is 4. The van der Waals surface area contributed by atoms with Crippen LogP contribution in [0.15, 0.2) is 18.2 Å². The Balaban J connectivity index is 1.59. The summed E-state index contributed by atoms with van der Waals surface area (Å²) in [5, 5.41) is 3.43. The number of hydrogen-bond acceptors (Lipinski definition) is 2. The monoisotopic (exact) mass is 290 g/mol. The third kappa shape index (κ3) is 4.27. The van der Waals surface area contributed by atoms with Crippen molar-refractivity contribution in [1.29, 1.82) is 0 Å². The van der Waals surface area contributed by atoms with Crippen molar-refractivity contribution >= 4 is 0 Å². The highest BCUT2D eigenvalue weighted by atomic mass is 19.1. The van der Waals surface area contributed by atoms with Gasteiger partial charge in [0.25, 0.3) is 0 Å². The van der Waals surface area contributed by atoms with Gasteiger partial charge in [-0.15, -0.1) is 0 Å². The van der Waals surface area contributed by atoms with Gasteiger partial charge >= 0.3 is 0 Å². The standard InChI is InChI=1S/C18H27FN2/c19-18-12-15(11-16-5-4-8-20-13-16)6-7-17(18)14-21-9-2-1-3-10-21/h6-7,12,16,20H,1-5,8-11,13-14H2. The van der Waals surface area contributed by atoms with Gasteiger partial charge in [0.05, 0.1) is 0 Å². The molecule has 2 heterocycles. The molecule has 2 fully saturated rings. The van der Waals surface area contributed by atoms with Gasteiger partial charge in [-0.3, -0.25) is 4.90 Å². The Kier molecular flexibility index (Phi) is 5.26. The molecule has 1 aromatic rings. The van der Waals surface area contributed by atoms with Gasteiger partial charge in [0.15, 0.2) is 0 Å². The Morgan fingerprint density at radius 1 is 1.14 bits per heavy atom. The van der Waals surface area contributed by atoms with E-state index in [4.69, 9.17) is 0 Å². The first-order chi connectivity index (χ1) is 10.3. The first-order valence-electron chi connectivity index (χ1n) is 8.51. The van der Waals surface area contributed by atoms with Gasteiger partial charge in [0.1, 0.15) is 5.82 Å². The lowest BCUT2D eigenvalue weighted by Gasteiger charge is -2.27. The van der Waals surface area contributed by atoms with Crippen molar-refractivity contribution in [2.45, 2.75) is 45.1 Å². The number of halogens is 1. The van der Waals surface area contributed by atoms with E-state index in [1.165, 1.54) is 32.1 Å². The first kappa shape index (κ1) is 15.0. The van der Waals surface area contributed by atoms with Gasteiger partial charge in [-0.2, -0.15) is 0 Å². The Hall–Kier alpha value is -0.930. The smallest absolute Gasteiger partial charge is 0.127 e. The summed E-state index contributed by atoms with van der Waals surface area (Å²) in [5.74, 6) is 0.660. The van der Waals surface area contributed by atoms with Crippen LogP contribution in [0.3, 0.4) is 0 Å². The van der Waals surface area contributed by atoms with E-state index in [0.717, 1.165) is 50.3 Å². The molecule has 2 nitrogen and oxygen atoms in total. The van der Waals surface area contributed by atoms with Gasteiger partial charge in [0, 0.05) is 12.1 Å². The maximum Gasteiger partial charge on any atom is 0.127 e. The van der Waals surface area contributed by atoms with Crippen LogP contribution in [0.1, 0.15) is 43.2 Å². The molecule has 1 N–H and O–H groups in total. The molecule has 0 spiro atoms. The van der Waals surface area contributed by atoms with E-state index in [9.17, 15) is 4.39 Å². The molecule has 2 aliphatic heterocycles. The van der Waals surface area contributed by atoms with Crippen LogP contribution in [0.25, 0.3) is 0 Å². The molecule has 0 saturated carbocycles. The summed E-state index contributed by atoms with van der Waals surface area (Å²) in [4.78, 5) is 2.38. The van der Waals surface area contributed by atoms with Gasteiger partial charge in [-0.25, -0.2) is 4.39 Å². The highest BCUT2D eigenvalue weighted by Gasteiger charge is 2.16. The fourth-order valence-electron chi connectivity index (χ4n) is 3.64. The van der Waals surface area contributed by atoms with E-state index >= 15 is 0 Å². The Labute approximate surface area is 127 Å². The lowest BCUT2D eigenvalue weighted by atomic mass is 9.92. The van der Waals surface area contributed by atoms with E-state index in [1.54, 1.807) is 6.07 Å². The van der Waals surface area contributed by atoms with Crippen LogP contribution < -0.4 is 5.32 Å². The molecule has 116 valence electrons. The first-order valence-corrected chi connectivity index (χ1v) is 8.51. The average Bonchev–Trinajstić information content (AvgIpc) is 2.52. The largest absolute Gasteiger partial charge is 0.316 e. The van der Waals surface area contributed by atoms with Crippen LogP contribution >= 0.6 is 0 Å². The van der Waals surface area contributed by atoms with Crippen molar-refractivity contribution in [2.75, 3.05) is 26.2 Å². The summed E-state index contributed by atoms with van der Waals surface area (Å²) in [5.41, 5.74) is 2.02. The molecule has 1 aromatic carbocycles. The molecule has 2 saturated heterocycles. The predicted octanol–water partition coefficient (Wildman–Crippen LogP) is 3.35. The third-order valence-electron chi connectivity index (χ3n) is 4.88. The second-order valence-electron chi connectivity index (χ2n) is 6.68. The van der Waals surface area contributed by atoms with Crippen LogP contribution in [-0.4, -0.2) is 31.1 Å². The second-order valence-corrected chi connectivity index (χ2v) is 6.68. The van der Waals surface area contributed by atoms with Crippen LogP contribution in [0.4, 0.5) is 4.39 Å². The molecule has 3 heteroatoms. The quantitative estimate of drug-likeness (QED) is 0.915. The van der Waals surface area contributed by atoms with Gasteiger partial charge < -0.3 is 5.32 Å². The predicted molar refractivity (Wildman–Crippen MR) is 84.8 cm³/mol. The zero-order valence-corrected chi connectivity index (χ0v) is 12.9. The fraction of sp³-hybridized carbons (Fsp3) is 0.667. The zero-order chi connectivity index (χ0) is 14.5. The van der Waals surface area contributed by atoms with Gasteiger partial charge in [-0.05, 0) is 75.8 Å². The molecule has 0 aromatic heterocycles. The topological polar surface area (TPSA) is 15.3 Å². The number of nitrogens with zero attached hydrogens (tertiary/aromatic N) is 1. The maximum absolute atomic E-state index is 14.3. The molecule has 1 unspecified atom stereocenters. The van der Waals surface area contributed by atoms with Crippen molar-refractivity contribution in [3.63, 3.8) is 0 Å². The molecular weight excluding hydrogens is 263 g/mol. The normalized spacial score (nSPS) is 24.1. The summed E-state index contributed by atoms with van der Waals surface area (Å²) in [6.45, 7) is 5.23. The molecule has 3 rings (SSSR count). The van der Waals surface area contributed by atoms with E-state index < -0.39 is 0 Å². The highest BCUT2D eigenvalue weighted by molar-refractivity contribution is 5.25. The minimum Gasteiger partial charge on any atom is -0.316 e. The van der Waals surface area contributed by atoms with Crippen molar-refractivity contribution in [3.05, 3.63) is 35.1 Å². The number of nitrogens with one attached hydrogen (secondary N) is 1. The minimum absolute atomic E-state index is 0.0122. The van der Waals surface area contributed by atoms with Crippen LogP contribution in [-0.2, 0) is 13.0 Å². The molecule has 0 aliphatic carbocycles. The average molecular weight is 290 g/mol. The summed E-state index contributed by atoms with van der Waals surface area (Å²) in [6, 6.07) is 5.92. The van der Waals surface area contributed by atoms with Crippen molar-refractivity contribution < 1.29 is 4.39 Å². The molecule has 2 aliphatic rings.